The Labute approximate surface area is 145 Å². The van der Waals surface area contributed by atoms with Crippen LogP contribution in [0.3, 0.4) is 0 Å². The summed E-state index contributed by atoms with van der Waals surface area (Å²) < 4.78 is 43.1. The number of nitrogens with one attached hydrogen (secondary N) is 1. The van der Waals surface area contributed by atoms with E-state index in [0.717, 1.165) is 10.6 Å². The van der Waals surface area contributed by atoms with Crippen molar-refractivity contribution in [1.29, 1.82) is 0 Å². The van der Waals surface area contributed by atoms with Crippen LogP contribution in [0.1, 0.15) is 17.7 Å². The predicted octanol–water partition coefficient (Wildman–Crippen LogP) is 1.64. The minimum Gasteiger partial charge on any atom is -0.360 e. The Hall–Kier alpha value is -2.42. The standard InChI is InChI=1S/C16H20FN3O4S/c1-12-11-15(19-24-12)20(25(2,22)23)10-8-16(21)18-9-7-13-5-3-4-6-14(13)17/h3-6,11H,7-10H2,1-2H3,(H,18,21). The topological polar surface area (TPSA) is 92.5 Å². The highest BCUT2D eigenvalue weighted by Gasteiger charge is 2.21. The fourth-order valence-corrected chi connectivity index (χ4v) is 3.10. The van der Waals surface area contributed by atoms with Crippen LogP contribution in [0.2, 0.25) is 0 Å². The van der Waals surface area contributed by atoms with Gasteiger partial charge in [0, 0.05) is 25.6 Å². The molecule has 0 unspecified atom stereocenters. The molecule has 0 saturated carbocycles. The molecule has 9 heteroatoms. The van der Waals surface area contributed by atoms with Gasteiger partial charge < -0.3 is 9.84 Å². The van der Waals surface area contributed by atoms with Crippen molar-refractivity contribution >= 4 is 21.7 Å². The van der Waals surface area contributed by atoms with E-state index in [4.69, 9.17) is 4.52 Å². The van der Waals surface area contributed by atoms with E-state index in [2.05, 4.69) is 10.5 Å². The van der Waals surface area contributed by atoms with Crippen LogP contribution in [0.4, 0.5) is 10.2 Å². The number of hydrogen-bond donors (Lipinski definition) is 1. The number of carbonyl (C=O) groups excluding carboxylic acids is 1. The monoisotopic (exact) mass is 369 g/mol. The normalized spacial score (nSPS) is 11.3. The molecule has 7 nitrogen and oxygen atoms in total. The molecule has 1 amide bonds. The molecule has 0 aliphatic carbocycles. The molecule has 0 fully saturated rings. The second kappa shape index (κ2) is 8.11. The summed E-state index contributed by atoms with van der Waals surface area (Å²) in [6, 6.07) is 7.82. The molecule has 0 radical (unpaired) electrons. The average Bonchev–Trinajstić information content (AvgIpc) is 2.94. The van der Waals surface area contributed by atoms with Crippen LogP contribution in [0.25, 0.3) is 0 Å². The summed E-state index contributed by atoms with van der Waals surface area (Å²) in [7, 11) is -3.59. The Balaban J connectivity index is 1.86. The second-order valence-electron chi connectivity index (χ2n) is 5.57. The zero-order valence-corrected chi connectivity index (χ0v) is 14.8. The molecule has 2 rings (SSSR count). The SMILES string of the molecule is Cc1cc(N(CCC(=O)NCCc2ccccc2F)S(C)(=O)=O)no1. The van der Waals surface area contributed by atoms with Gasteiger partial charge in [0.25, 0.3) is 0 Å². The molecule has 0 bridgehead atoms. The van der Waals surface area contributed by atoms with E-state index < -0.39 is 10.0 Å². The molecule has 0 atom stereocenters. The summed E-state index contributed by atoms with van der Waals surface area (Å²) in [6.45, 7) is 1.85. The van der Waals surface area contributed by atoms with Crippen molar-refractivity contribution in [2.75, 3.05) is 23.7 Å². The van der Waals surface area contributed by atoms with Gasteiger partial charge in [0.15, 0.2) is 5.82 Å². The summed E-state index contributed by atoms with van der Waals surface area (Å²) in [5, 5.41) is 6.32. The van der Waals surface area contributed by atoms with Gasteiger partial charge in [-0.2, -0.15) is 0 Å². The predicted molar refractivity (Wildman–Crippen MR) is 91.2 cm³/mol. The van der Waals surface area contributed by atoms with Gasteiger partial charge in [-0.1, -0.05) is 23.4 Å². The van der Waals surface area contributed by atoms with Crippen LogP contribution in [0.5, 0.6) is 0 Å². The summed E-state index contributed by atoms with van der Waals surface area (Å²) in [5.74, 6) is -0.0382. The van der Waals surface area contributed by atoms with Gasteiger partial charge in [-0.3, -0.25) is 9.10 Å². The van der Waals surface area contributed by atoms with E-state index in [1.165, 1.54) is 12.1 Å². The highest BCUT2D eigenvalue weighted by Crippen LogP contribution is 2.17. The molecule has 136 valence electrons. The van der Waals surface area contributed by atoms with Crippen LogP contribution in [0.15, 0.2) is 34.9 Å². The largest absolute Gasteiger partial charge is 0.360 e. The summed E-state index contributed by atoms with van der Waals surface area (Å²) in [5.41, 5.74) is 0.513. The maximum absolute atomic E-state index is 13.5. The number of benzene rings is 1. The zero-order chi connectivity index (χ0) is 18.4. The number of halogens is 1. The van der Waals surface area contributed by atoms with Crippen molar-refractivity contribution in [3.8, 4) is 0 Å². The minimum absolute atomic E-state index is 0.0454. The number of carbonyl (C=O) groups is 1. The first-order valence-electron chi connectivity index (χ1n) is 7.68. The van der Waals surface area contributed by atoms with E-state index >= 15 is 0 Å². The van der Waals surface area contributed by atoms with Gasteiger partial charge in [-0.25, -0.2) is 12.8 Å². The van der Waals surface area contributed by atoms with E-state index in [0.29, 0.717) is 17.7 Å². The number of nitrogens with zero attached hydrogens (tertiary/aromatic N) is 2. The van der Waals surface area contributed by atoms with Gasteiger partial charge in [0.05, 0.1) is 6.26 Å². The molecular weight excluding hydrogens is 349 g/mol. The first kappa shape index (κ1) is 18.9. The number of rotatable bonds is 8. The lowest BCUT2D eigenvalue weighted by atomic mass is 10.1. The fraction of sp³-hybridized carbons (Fsp3) is 0.375. The number of anilines is 1. The highest BCUT2D eigenvalue weighted by atomic mass is 32.2. The van der Waals surface area contributed by atoms with E-state index in [1.807, 2.05) is 0 Å². The van der Waals surface area contributed by atoms with Gasteiger partial charge in [-0.15, -0.1) is 0 Å². The average molecular weight is 369 g/mol. The summed E-state index contributed by atoms with van der Waals surface area (Å²) in [6.07, 6.45) is 1.35. The number of aromatic nitrogens is 1. The van der Waals surface area contributed by atoms with E-state index in [9.17, 15) is 17.6 Å². The Bertz CT molecular complexity index is 835. The Morgan fingerprint density at radius 1 is 1.36 bits per heavy atom. The van der Waals surface area contributed by atoms with Crippen LogP contribution >= 0.6 is 0 Å². The molecule has 1 aromatic carbocycles. The minimum atomic E-state index is -3.59. The summed E-state index contributed by atoms with van der Waals surface area (Å²) in [4.78, 5) is 11.9. The molecule has 25 heavy (non-hydrogen) atoms. The molecule has 0 aliphatic rings. The van der Waals surface area contributed by atoms with Gasteiger partial charge >= 0.3 is 0 Å². The smallest absolute Gasteiger partial charge is 0.233 e. The van der Waals surface area contributed by atoms with Crippen molar-refractivity contribution in [2.45, 2.75) is 19.8 Å². The van der Waals surface area contributed by atoms with Gasteiger partial charge in [0.2, 0.25) is 15.9 Å². The van der Waals surface area contributed by atoms with Crippen LogP contribution < -0.4 is 9.62 Å². The number of sulfonamides is 1. The van der Waals surface area contributed by atoms with Crippen molar-refractivity contribution < 1.29 is 22.1 Å². The summed E-state index contributed by atoms with van der Waals surface area (Å²) >= 11 is 0. The van der Waals surface area contributed by atoms with Crippen molar-refractivity contribution in [1.82, 2.24) is 10.5 Å². The number of hydrogen-bond acceptors (Lipinski definition) is 5. The molecule has 1 heterocycles. The molecule has 2 aromatic rings. The van der Waals surface area contributed by atoms with Gasteiger partial charge in [0.1, 0.15) is 11.6 Å². The first-order chi connectivity index (χ1) is 11.8. The molecule has 0 aliphatic heterocycles. The third-order valence-corrected chi connectivity index (χ3v) is 4.66. The van der Waals surface area contributed by atoms with Crippen molar-refractivity contribution in [3.05, 3.63) is 47.5 Å². The Morgan fingerprint density at radius 2 is 2.08 bits per heavy atom. The highest BCUT2D eigenvalue weighted by molar-refractivity contribution is 7.92. The molecule has 0 spiro atoms. The number of amides is 1. The molecule has 1 N–H and O–H groups in total. The maximum atomic E-state index is 13.5. The first-order valence-corrected chi connectivity index (χ1v) is 9.53. The third-order valence-electron chi connectivity index (χ3n) is 3.49. The van der Waals surface area contributed by atoms with Crippen molar-refractivity contribution in [3.63, 3.8) is 0 Å². The van der Waals surface area contributed by atoms with E-state index in [-0.39, 0.29) is 37.1 Å². The Kier molecular flexibility index (Phi) is 6.13. The fourth-order valence-electron chi connectivity index (χ4n) is 2.25. The molecule has 0 saturated heterocycles. The second-order valence-corrected chi connectivity index (χ2v) is 7.48. The molecule has 1 aromatic heterocycles. The maximum Gasteiger partial charge on any atom is 0.233 e. The van der Waals surface area contributed by atoms with Crippen LogP contribution in [-0.4, -0.2) is 38.8 Å². The van der Waals surface area contributed by atoms with Crippen LogP contribution in [-0.2, 0) is 21.2 Å². The van der Waals surface area contributed by atoms with E-state index in [1.54, 1.807) is 25.1 Å². The van der Waals surface area contributed by atoms with Crippen molar-refractivity contribution in [2.24, 2.45) is 0 Å². The zero-order valence-electron chi connectivity index (χ0n) is 14.0. The Morgan fingerprint density at radius 3 is 2.68 bits per heavy atom. The number of aryl methyl sites for hydroxylation is 1. The van der Waals surface area contributed by atoms with Crippen LogP contribution in [0, 0.1) is 12.7 Å². The lowest BCUT2D eigenvalue weighted by Gasteiger charge is -2.18. The lowest BCUT2D eigenvalue weighted by Crippen LogP contribution is -2.35. The molecular formula is C16H20FN3O4S. The third kappa shape index (κ3) is 5.56. The van der Waals surface area contributed by atoms with Gasteiger partial charge in [-0.05, 0) is 25.0 Å². The quantitative estimate of drug-likeness (QED) is 0.764. The lowest BCUT2D eigenvalue weighted by molar-refractivity contribution is -0.120.